The summed E-state index contributed by atoms with van der Waals surface area (Å²) in [5.74, 6) is -2.73. The summed E-state index contributed by atoms with van der Waals surface area (Å²) in [4.78, 5) is 13.6. The van der Waals surface area contributed by atoms with Crippen molar-refractivity contribution < 1.29 is 56.9 Å². The molecule has 4 aromatic rings. The van der Waals surface area contributed by atoms with E-state index in [-0.39, 0.29) is 26.4 Å². The van der Waals surface area contributed by atoms with Crippen LogP contribution in [0.2, 0.25) is 0 Å². The van der Waals surface area contributed by atoms with Crippen molar-refractivity contribution in [3.8, 4) is 0 Å². The van der Waals surface area contributed by atoms with Gasteiger partial charge >= 0.3 is 5.97 Å². The molecule has 0 spiro atoms. The molecule has 0 unspecified atom stereocenters. The number of hydrogen-bond donors (Lipinski definition) is 0. The molecule has 61 heavy (non-hydrogen) atoms. The quantitative estimate of drug-likeness (QED) is 0.0685. The van der Waals surface area contributed by atoms with Crippen LogP contribution in [0.25, 0.3) is 0 Å². The van der Waals surface area contributed by atoms with E-state index in [1.807, 2.05) is 119 Å². The number of rotatable bonds is 17. The van der Waals surface area contributed by atoms with Crippen LogP contribution in [-0.2, 0) is 83.3 Å². The largest absolute Gasteiger partial charge is 0.468 e. The lowest BCUT2D eigenvalue weighted by atomic mass is 9.86. The maximum atomic E-state index is 13.6. The standard InChI is InChI=1S/C45H54IN3O12/c1-44(2)56-27-33(59-44)37-39(40-43(58-37)61-45(3,4)60-40)55-25-31-21-49(48-47-31)41-34(35(46)42(50)51-5)38(54-24-30-19-13-8-14-20-30)36(53-23-29-17-11-7-12-18-29)32(57-41)26-52-22-28-15-9-6-10-16-28/h6-21,32-41,43H,22-27H2,1-5H3/t32-,33-,34-,35+,36-,37-,38-,39+,40-,41-,43-/m1/s1. The van der Waals surface area contributed by atoms with Crippen molar-refractivity contribution >= 4 is 28.6 Å². The monoisotopic (exact) mass is 955 g/mol. The highest BCUT2D eigenvalue weighted by atomic mass is 127. The predicted molar refractivity (Wildman–Crippen MR) is 226 cm³/mol. The highest BCUT2D eigenvalue weighted by Crippen LogP contribution is 2.44. The number of methoxy groups -OCH3 is 1. The van der Waals surface area contributed by atoms with E-state index in [1.54, 1.807) is 10.9 Å². The molecule has 4 aliphatic rings. The number of alkyl halides is 1. The van der Waals surface area contributed by atoms with Crippen molar-refractivity contribution in [3.05, 3.63) is 120 Å². The Balaban J connectivity index is 1.09. The number of fused-ring (bicyclic) bond motifs is 1. The van der Waals surface area contributed by atoms with Crippen molar-refractivity contribution in [1.29, 1.82) is 0 Å². The summed E-state index contributed by atoms with van der Waals surface area (Å²) < 4.78 is 70.5. The first-order chi connectivity index (χ1) is 29.5. The number of ether oxygens (including phenoxy) is 11. The molecule has 0 amide bonds. The molecule has 4 aliphatic heterocycles. The smallest absolute Gasteiger partial charge is 0.319 e. The van der Waals surface area contributed by atoms with Gasteiger partial charge in [-0.05, 0) is 44.4 Å². The number of carbonyl (C=O) groups is 1. The van der Waals surface area contributed by atoms with E-state index in [4.69, 9.17) is 52.1 Å². The van der Waals surface area contributed by atoms with Gasteiger partial charge in [-0.3, -0.25) is 4.79 Å². The van der Waals surface area contributed by atoms with Crippen molar-refractivity contribution in [2.75, 3.05) is 20.3 Å². The Kier molecular flexibility index (Phi) is 14.2. The fourth-order valence-corrected chi connectivity index (χ4v) is 9.28. The first kappa shape index (κ1) is 44.2. The Bertz CT molecular complexity index is 2010. The molecule has 0 aliphatic carbocycles. The van der Waals surface area contributed by atoms with Crippen LogP contribution in [0.15, 0.2) is 97.2 Å². The van der Waals surface area contributed by atoms with E-state index in [0.29, 0.717) is 18.9 Å². The lowest BCUT2D eigenvalue weighted by Crippen LogP contribution is -2.59. The molecular formula is C45H54IN3O12. The third-order valence-corrected chi connectivity index (χ3v) is 12.4. The minimum atomic E-state index is -0.865. The molecule has 15 nitrogen and oxygen atoms in total. The Labute approximate surface area is 369 Å². The molecule has 8 rings (SSSR count). The minimum absolute atomic E-state index is 0.0525. The van der Waals surface area contributed by atoms with E-state index in [2.05, 4.69) is 32.9 Å². The Hall–Kier alpha value is -3.40. The van der Waals surface area contributed by atoms with Crippen LogP contribution < -0.4 is 0 Å². The van der Waals surface area contributed by atoms with Crippen molar-refractivity contribution in [2.45, 2.75) is 125 Å². The van der Waals surface area contributed by atoms with Gasteiger partial charge < -0.3 is 52.1 Å². The van der Waals surface area contributed by atoms with E-state index in [9.17, 15) is 4.79 Å². The van der Waals surface area contributed by atoms with Gasteiger partial charge in [0.05, 0.1) is 65.0 Å². The Morgan fingerprint density at radius 2 is 1.36 bits per heavy atom. The van der Waals surface area contributed by atoms with Gasteiger partial charge in [0.15, 0.2) is 24.1 Å². The van der Waals surface area contributed by atoms with Crippen molar-refractivity contribution in [2.24, 2.45) is 5.92 Å². The highest BCUT2D eigenvalue weighted by Gasteiger charge is 2.59. The number of esters is 1. The summed E-state index contributed by atoms with van der Waals surface area (Å²) in [6.45, 7) is 8.83. The summed E-state index contributed by atoms with van der Waals surface area (Å²) in [6.07, 6.45) is -3.80. The summed E-state index contributed by atoms with van der Waals surface area (Å²) in [7, 11) is 1.37. The summed E-state index contributed by atoms with van der Waals surface area (Å²) in [5, 5.41) is 9.11. The second kappa shape index (κ2) is 19.6. The molecular weight excluding hydrogens is 901 g/mol. The van der Waals surface area contributed by atoms with Crippen LogP contribution in [0.5, 0.6) is 0 Å². The van der Waals surface area contributed by atoms with E-state index in [0.717, 1.165) is 16.7 Å². The number of nitrogens with zero attached hydrogens (tertiary/aromatic N) is 3. The second-order valence-electron chi connectivity index (χ2n) is 16.5. The van der Waals surface area contributed by atoms with Gasteiger partial charge in [-0.1, -0.05) is 119 Å². The maximum Gasteiger partial charge on any atom is 0.319 e. The highest BCUT2D eigenvalue weighted by molar-refractivity contribution is 14.1. The third-order valence-electron chi connectivity index (χ3n) is 11.1. The van der Waals surface area contributed by atoms with Crippen LogP contribution in [-0.4, -0.2) is 106 Å². The van der Waals surface area contributed by atoms with Crippen LogP contribution in [0.1, 0.15) is 56.3 Å². The summed E-state index contributed by atoms with van der Waals surface area (Å²) in [5.41, 5.74) is 3.46. The number of carbonyl (C=O) groups excluding carboxylic acids is 1. The van der Waals surface area contributed by atoms with E-state index < -0.39 is 82.6 Å². The van der Waals surface area contributed by atoms with Crippen LogP contribution in [0.4, 0.5) is 0 Å². The molecule has 16 heteroatoms. The van der Waals surface area contributed by atoms with Crippen LogP contribution in [0, 0.1) is 5.92 Å². The minimum Gasteiger partial charge on any atom is -0.468 e. The molecule has 4 saturated heterocycles. The first-order valence-corrected chi connectivity index (χ1v) is 21.9. The molecule has 4 fully saturated rings. The zero-order valence-corrected chi connectivity index (χ0v) is 37.1. The predicted octanol–water partition coefficient (Wildman–Crippen LogP) is 6.07. The van der Waals surface area contributed by atoms with Gasteiger partial charge in [0, 0.05) is 0 Å². The lowest BCUT2D eigenvalue weighted by molar-refractivity contribution is -0.265. The fraction of sp³-hybridized carbons (Fsp3) is 0.533. The lowest BCUT2D eigenvalue weighted by Gasteiger charge is -2.47. The fourth-order valence-electron chi connectivity index (χ4n) is 8.26. The van der Waals surface area contributed by atoms with Gasteiger partial charge in [-0.25, -0.2) is 4.68 Å². The number of hydrogen-bond acceptors (Lipinski definition) is 14. The zero-order valence-electron chi connectivity index (χ0n) is 34.9. The van der Waals surface area contributed by atoms with Gasteiger partial charge in [0.2, 0.25) is 0 Å². The van der Waals surface area contributed by atoms with Crippen LogP contribution >= 0.6 is 22.6 Å². The number of aromatic nitrogens is 3. The van der Waals surface area contributed by atoms with Gasteiger partial charge in [-0.2, -0.15) is 0 Å². The molecule has 0 saturated carbocycles. The zero-order chi connectivity index (χ0) is 42.6. The summed E-state index contributed by atoms with van der Waals surface area (Å²) >= 11 is 2.11. The molecule has 3 aromatic carbocycles. The normalized spacial score (nSPS) is 30.9. The second-order valence-corrected chi connectivity index (χ2v) is 17.8. The average molecular weight is 956 g/mol. The van der Waals surface area contributed by atoms with E-state index >= 15 is 0 Å². The van der Waals surface area contributed by atoms with E-state index in [1.165, 1.54) is 7.11 Å². The SMILES string of the molecule is COC(=O)[C@@H](I)[C@@H]1[C@@H](OCc2ccccc2)[C@H](OCc2ccccc2)[C@@H](COCc2ccccc2)O[C@H]1n1cc(CO[C@@H]2[C@H]3OC(C)(C)O[C@H]3O[C@@H]2[C@H]2COC(C)(C)O2)nn1. The summed E-state index contributed by atoms with van der Waals surface area (Å²) in [6, 6.07) is 29.7. The first-order valence-electron chi connectivity index (χ1n) is 20.6. The molecule has 0 N–H and O–H groups in total. The maximum absolute atomic E-state index is 13.6. The molecule has 5 heterocycles. The van der Waals surface area contributed by atoms with Gasteiger partial charge in [0.1, 0.15) is 46.2 Å². The average Bonchev–Trinajstić information content (AvgIpc) is 4.03. The molecule has 0 bridgehead atoms. The van der Waals surface area contributed by atoms with Crippen molar-refractivity contribution in [1.82, 2.24) is 15.0 Å². The number of benzene rings is 3. The molecule has 0 radical (unpaired) electrons. The Morgan fingerprint density at radius 3 is 1.97 bits per heavy atom. The van der Waals surface area contributed by atoms with Crippen molar-refractivity contribution in [3.63, 3.8) is 0 Å². The third kappa shape index (κ3) is 10.7. The molecule has 328 valence electrons. The van der Waals surface area contributed by atoms with Gasteiger partial charge in [0.25, 0.3) is 0 Å². The molecule has 1 aromatic heterocycles. The Morgan fingerprint density at radius 1 is 0.754 bits per heavy atom. The van der Waals surface area contributed by atoms with Gasteiger partial charge in [-0.15, -0.1) is 5.10 Å². The topological polar surface area (TPSA) is 149 Å². The molecule has 11 atom stereocenters. The van der Waals surface area contributed by atoms with Crippen LogP contribution in [0.3, 0.4) is 0 Å². The number of halogens is 1.